The Bertz CT molecular complexity index is 758. The lowest BCUT2D eigenvalue weighted by Crippen LogP contribution is -2.23. The topological polar surface area (TPSA) is 67.4 Å². The minimum absolute atomic E-state index is 0.171. The molecule has 0 bridgehead atoms. The lowest BCUT2D eigenvalue weighted by Gasteiger charge is -2.10. The minimum Gasteiger partial charge on any atom is -0.406 e. The largest absolute Gasteiger partial charge is 0.573 e. The summed E-state index contributed by atoms with van der Waals surface area (Å²) in [7, 11) is 1.52. The van der Waals surface area contributed by atoms with Crippen LogP contribution in [0.25, 0.3) is 0 Å². The fraction of sp³-hybridized carbons (Fsp3) is 0.176. The van der Waals surface area contributed by atoms with E-state index in [2.05, 4.69) is 15.4 Å². The Kier molecular flexibility index (Phi) is 5.63. The smallest absolute Gasteiger partial charge is 0.406 e. The number of hydrogen-bond acceptors (Lipinski definition) is 3. The summed E-state index contributed by atoms with van der Waals surface area (Å²) in [4.78, 5) is 23.6. The molecule has 0 aliphatic heterocycles. The Labute approximate surface area is 141 Å². The average molecular weight is 352 g/mol. The summed E-state index contributed by atoms with van der Waals surface area (Å²) >= 11 is 0. The second-order valence-corrected chi connectivity index (χ2v) is 5.03. The highest BCUT2D eigenvalue weighted by Gasteiger charge is 2.31. The molecule has 0 heterocycles. The van der Waals surface area contributed by atoms with Crippen molar-refractivity contribution in [2.75, 3.05) is 7.05 Å². The van der Waals surface area contributed by atoms with Gasteiger partial charge in [-0.15, -0.1) is 13.2 Å². The lowest BCUT2D eigenvalue weighted by molar-refractivity contribution is -0.274. The number of ether oxygens (including phenoxy) is 1. The maximum atomic E-state index is 12.1. The maximum absolute atomic E-state index is 12.1. The molecule has 2 N–H and O–H groups in total. The fourth-order valence-corrected chi connectivity index (χ4v) is 2.06. The molecule has 0 aliphatic rings. The van der Waals surface area contributed by atoms with Gasteiger partial charge in [-0.3, -0.25) is 9.59 Å². The fourth-order valence-electron chi connectivity index (χ4n) is 2.06. The van der Waals surface area contributed by atoms with Crippen molar-refractivity contribution in [1.82, 2.24) is 10.6 Å². The summed E-state index contributed by atoms with van der Waals surface area (Å²) < 4.78 is 40.0. The van der Waals surface area contributed by atoms with Crippen molar-refractivity contribution >= 4 is 11.8 Å². The Balaban J connectivity index is 1.97. The number of benzene rings is 2. The summed E-state index contributed by atoms with van der Waals surface area (Å²) in [5, 5.41) is 5.14. The van der Waals surface area contributed by atoms with Gasteiger partial charge < -0.3 is 15.4 Å². The van der Waals surface area contributed by atoms with Crippen molar-refractivity contribution in [2.45, 2.75) is 12.9 Å². The highest BCUT2D eigenvalue weighted by molar-refractivity contribution is 5.95. The molecule has 132 valence electrons. The molecule has 2 aromatic rings. The molecule has 0 radical (unpaired) electrons. The Morgan fingerprint density at radius 1 is 1.00 bits per heavy atom. The summed E-state index contributed by atoms with van der Waals surface area (Å²) in [5.74, 6) is -1.10. The molecule has 0 fully saturated rings. The maximum Gasteiger partial charge on any atom is 0.573 e. The van der Waals surface area contributed by atoms with Crippen LogP contribution >= 0.6 is 0 Å². The van der Waals surface area contributed by atoms with Crippen molar-refractivity contribution in [3.05, 3.63) is 65.2 Å². The number of nitrogens with one attached hydrogen (secondary N) is 2. The third-order valence-electron chi connectivity index (χ3n) is 3.22. The second-order valence-electron chi connectivity index (χ2n) is 5.03. The van der Waals surface area contributed by atoms with Crippen LogP contribution in [0, 0.1) is 0 Å². The van der Waals surface area contributed by atoms with Crippen LogP contribution in [-0.2, 0) is 6.54 Å². The molecular weight excluding hydrogens is 337 g/mol. The molecule has 2 amide bonds. The van der Waals surface area contributed by atoms with Crippen LogP contribution in [-0.4, -0.2) is 25.2 Å². The number of amides is 2. The molecule has 5 nitrogen and oxygen atoms in total. The van der Waals surface area contributed by atoms with Crippen LogP contribution in [0.5, 0.6) is 5.75 Å². The predicted molar refractivity (Wildman–Crippen MR) is 84.1 cm³/mol. The zero-order valence-corrected chi connectivity index (χ0v) is 13.2. The molecule has 2 aromatic carbocycles. The van der Waals surface area contributed by atoms with Gasteiger partial charge >= 0.3 is 6.36 Å². The number of carbonyl (C=O) groups is 2. The van der Waals surface area contributed by atoms with Gasteiger partial charge in [-0.1, -0.05) is 12.1 Å². The van der Waals surface area contributed by atoms with E-state index in [1.807, 2.05) is 0 Å². The van der Waals surface area contributed by atoms with Gasteiger partial charge in [-0.2, -0.15) is 0 Å². The molecule has 0 atom stereocenters. The first-order valence-electron chi connectivity index (χ1n) is 7.23. The first-order chi connectivity index (χ1) is 11.8. The third kappa shape index (κ3) is 5.52. The van der Waals surface area contributed by atoms with Crippen LogP contribution in [0.15, 0.2) is 48.5 Å². The van der Waals surface area contributed by atoms with Crippen molar-refractivity contribution in [3.63, 3.8) is 0 Å². The SMILES string of the molecule is CNC(=O)c1cccc(CNC(=O)c2ccc(OC(F)(F)F)cc2)c1. The van der Waals surface area contributed by atoms with E-state index in [9.17, 15) is 22.8 Å². The number of carbonyl (C=O) groups excluding carboxylic acids is 2. The number of halogens is 3. The van der Waals surface area contributed by atoms with Gasteiger partial charge in [0.1, 0.15) is 5.75 Å². The molecule has 0 spiro atoms. The zero-order valence-electron chi connectivity index (χ0n) is 13.2. The van der Waals surface area contributed by atoms with E-state index in [-0.39, 0.29) is 18.0 Å². The first-order valence-corrected chi connectivity index (χ1v) is 7.23. The van der Waals surface area contributed by atoms with Gasteiger partial charge in [0.2, 0.25) is 0 Å². The Morgan fingerprint density at radius 3 is 2.28 bits per heavy atom. The molecule has 25 heavy (non-hydrogen) atoms. The van der Waals surface area contributed by atoms with Gasteiger partial charge in [0.25, 0.3) is 11.8 Å². The van der Waals surface area contributed by atoms with Crippen LogP contribution in [0.1, 0.15) is 26.3 Å². The van der Waals surface area contributed by atoms with E-state index in [0.29, 0.717) is 11.1 Å². The highest BCUT2D eigenvalue weighted by atomic mass is 19.4. The van der Waals surface area contributed by atoms with Crippen LogP contribution in [0.3, 0.4) is 0 Å². The van der Waals surface area contributed by atoms with E-state index >= 15 is 0 Å². The van der Waals surface area contributed by atoms with E-state index in [4.69, 9.17) is 0 Å². The van der Waals surface area contributed by atoms with Gasteiger partial charge in [-0.05, 0) is 42.0 Å². The van der Waals surface area contributed by atoms with E-state index in [1.165, 1.54) is 19.2 Å². The molecule has 0 saturated carbocycles. The molecular formula is C17H15F3N2O3. The molecule has 0 aliphatic carbocycles. The summed E-state index contributed by atoms with van der Waals surface area (Å²) in [6, 6.07) is 11.3. The lowest BCUT2D eigenvalue weighted by atomic mass is 10.1. The van der Waals surface area contributed by atoms with E-state index < -0.39 is 18.0 Å². The third-order valence-corrected chi connectivity index (χ3v) is 3.22. The van der Waals surface area contributed by atoms with E-state index in [1.54, 1.807) is 24.3 Å². The number of rotatable bonds is 5. The van der Waals surface area contributed by atoms with E-state index in [0.717, 1.165) is 12.1 Å². The molecule has 8 heteroatoms. The van der Waals surface area contributed by atoms with Gasteiger partial charge in [-0.25, -0.2) is 0 Å². The predicted octanol–water partition coefficient (Wildman–Crippen LogP) is 2.87. The number of hydrogen-bond donors (Lipinski definition) is 2. The quantitative estimate of drug-likeness (QED) is 0.870. The van der Waals surface area contributed by atoms with Crippen molar-refractivity contribution in [3.8, 4) is 5.75 Å². The van der Waals surface area contributed by atoms with Crippen molar-refractivity contribution in [1.29, 1.82) is 0 Å². The normalized spacial score (nSPS) is 10.9. The Hall–Kier alpha value is -3.03. The van der Waals surface area contributed by atoms with Gasteiger partial charge in [0, 0.05) is 24.7 Å². The highest BCUT2D eigenvalue weighted by Crippen LogP contribution is 2.22. The Morgan fingerprint density at radius 2 is 1.68 bits per heavy atom. The van der Waals surface area contributed by atoms with Gasteiger partial charge in [0.15, 0.2) is 0 Å². The number of alkyl halides is 3. The molecule has 2 rings (SSSR count). The van der Waals surface area contributed by atoms with Crippen molar-refractivity contribution < 1.29 is 27.5 Å². The van der Waals surface area contributed by atoms with Crippen LogP contribution < -0.4 is 15.4 Å². The second kappa shape index (κ2) is 7.69. The molecule has 0 unspecified atom stereocenters. The summed E-state index contributed by atoms with van der Waals surface area (Å²) in [5.41, 5.74) is 1.37. The first kappa shape index (κ1) is 18.3. The zero-order chi connectivity index (χ0) is 18.4. The molecule has 0 saturated heterocycles. The molecule has 0 aromatic heterocycles. The van der Waals surface area contributed by atoms with Crippen LogP contribution in [0.4, 0.5) is 13.2 Å². The minimum atomic E-state index is -4.78. The summed E-state index contributed by atoms with van der Waals surface area (Å²) in [6.07, 6.45) is -4.78. The monoisotopic (exact) mass is 352 g/mol. The standard InChI is InChI=1S/C17H15F3N2O3/c1-21-15(23)13-4-2-3-11(9-13)10-22-16(24)12-5-7-14(8-6-12)25-17(18,19)20/h2-9H,10H2,1H3,(H,21,23)(H,22,24). The summed E-state index contributed by atoms with van der Waals surface area (Å²) in [6.45, 7) is 0.171. The van der Waals surface area contributed by atoms with Crippen molar-refractivity contribution in [2.24, 2.45) is 0 Å². The van der Waals surface area contributed by atoms with Gasteiger partial charge in [0.05, 0.1) is 0 Å². The van der Waals surface area contributed by atoms with Crippen LogP contribution in [0.2, 0.25) is 0 Å². The average Bonchev–Trinajstić information content (AvgIpc) is 2.58.